The molecule has 0 amide bonds. The summed E-state index contributed by atoms with van der Waals surface area (Å²) in [4.78, 5) is 13.4. The molecule has 88 valence electrons. The lowest BCUT2D eigenvalue weighted by molar-refractivity contribution is -0.141. The van der Waals surface area contributed by atoms with Crippen LogP contribution < -0.4 is 4.84 Å². The van der Waals surface area contributed by atoms with Gasteiger partial charge in [-0.05, 0) is 30.2 Å². The van der Waals surface area contributed by atoms with Crippen molar-refractivity contribution in [2.45, 2.75) is 25.8 Å². The van der Waals surface area contributed by atoms with Crippen molar-refractivity contribution in [3.05, 3.63) is 35.9 Å². The zero-order chi connectivity index (χ0) is 12.0. The molecule has 0 aliphatic carbocycles. The van der Waals surface area contributed by atoms with Crippen LogP contribution in [-0.4, -0.2) is 17.1 Å². The monoisotopic (exact) mass is 241 g/mol. The fraction of sp³-hybridized carbons (Fsp3) is 0.417. The number of rotatable bonds is 6. The van der Waals surface area contributed by atoms with Crippen LogP contribution in [0.2, 0.25) is 0 Å². The highest BCUT2D eigenvalue weighted by Gasteiger charge is 2.17. The standard InChI is InChI=1S/C12H16ClNO2/c1-9(12(15)16)7-11(14-13)8-10-5-3-2-4-6-10/h2-6,9,11,14H,7-8H2,1H3,(H,15,16)/t9-,11+/m0/s1. The Labute approximate surface area is 101 Å². The summed E-state index contributed by atoms with van der Waals surface area (Å²) in [6, 6.07) is 9.86. The normalized spacial score (nSPS) is 14.4. The van der Waals surface area contributed by atoms with Gasteiger partial charge in [-0.2, -0.15) is 0 Å². The highest BCUT2D eigenvalue weighted by molar-refractivity contribution is 6.13. The van der Waals surface area contributed by atoms with Gasteiger partial charge in [-0.15, -0.1) is 0 Å². The summed E-state index contributed by atoms with van der Waals surface area (Å²) in [6.07, 6.45) is 1.26. The summed E-state index contributed by atoms with van der Waals surface area (Å²) in [7, 11) is 0. The van der Waals surface area contributed by atoms with Crippen molar-refractivity contribution in [1.82, 2.24) is 4.84 Å². The Morgan fingerprint density at radius 3 is 2.56 bits per heavy atom. The van der Waals surface area contributed by atoms with Crippen molar-refractivity contribution in [3.8, 4) is 0 Å². The Hall–Kier alpha value is -1.06. The Morgan fingerprint density at radius 1 is 1.44 bits per heavy atom. The minimum atomic E-state index is -0.787. The van der Waals surface area contributed by atoms with E-state index in [1.165, 1.54) is 0 Å². The molecule has 0 aliphatic heterocycles. The van der Waals surface area contributed by atoms with Gasteiger partial charge in [-0.3, -0.25) is 4.79 Å². The number of carboxylic acids is 1. The van der Waals surface area contributed by atoms with E-state index in [1.807, 2.05) is 30.3 Å². The zero-order valence-electron chi connectivity index (χ0n) is 9.19. The topological polar surface area (TPSA) is 49.3 Å². The third-order valence-electron chi connectivity index (χ3n) is 2.54. The van der Waals surface area contributed by atoms with Crippen LogP contribution in [0.25, 0.3) is 0 Å². The third-order valence-corrected chi connectivity index (χ3v) is 2.85. The fourth-order valence-corrected chi connectivity index (χ4v) is 1.76. The maximum atomic E-state index is 10.7. The van der Waals surface area contributed by atoms with E-state index in [0.29, 0.717) is 6.42 Å². The van der Waals surface area contributed by atoms with Crippen LogP contribution in [0.3, 0.4) is 0 Å². The summed E-state index contributed by atoms with van der Waals surface area (Å²) in [6.45, 7) is 1.69. The lowest BCUT2D eigenvalue weighted by Gasteiger charge is -2.16. The summed E-state index contributed by atoms with van der Waals surface area (Å²) < 4.78 is 0. The second-order valence-electron chi connectivity index (χ2n) is 3.97. The second kappa shape index (κ2) is 6.51. The van der Waals surface area contributed by atoms with Gasteiger partial charge in [-0.1, -0.05) is 37.3 Å². The highest BCUT2D eigenvalue weighted by atomic mass is 35.5. The third kappa shape index (κ3) is 4.21. The average Bonchev–Trinajstić information content (AvgIpc) is 2.29. The van der Waals surface area contributed by atoms with E-state index in [4.69, 9.17) is 16.9 Å². The predicted octanol–water partition coefficient (Wildman–Crippen LogP) is 2.45. The molecule has 4 heteroatoms. The van der Waals surface area contributed by atoms with E-state index in [1.54, 1.807) is 6.92 Å². The van der Waals surface area contributed by atoms with Crippen molar-refractivity contribution in [2.24, 2.45) is 5.92 Å². The van der Waals surface area contributed by atoms with Crippen molar-refractivity contribution < 1.29 is 9.90 Å². The summed E-state index contributed by atoms with van der Waals surface area (Å²) in [5, 5.41) is 8.82. The molecule has 2 N–H and O–H groups in total. The van der Waals surface area contributed by atoms with E-state index in [-0.39, 0.29) is 12.0 Å². The van der Waals surface area contributed by atoms with Gasteiger partial charge in [0.25, 0.3) is 0 Å². The predicted molar refractivity (Wildman–Crippen MR) is 64.3 cm³/mol. The molecule has 3 nitrogen and oxygen atoms in total. The first-order valence-corrected chi connectivity index (χ1v) is 5.64. The molecule has 0 saturated heterocycles. The quantitative estimate of drug-likeness (QED) is 0.753. The molecule has 0 radical (unpaired) electrons. The summed E-state index contributed by atoms with van der Waals surface area (Å²) in [5.41, 5.74) is 1.15. The smallest absolute Gasteiger partial charge is 0.306 e. The largest absolute Gasteiger partial charge is 0.481 e. The number of carbonyl (C=O) groups is 1. The van der Waals surface area contributed by atoms with Crippen molar-refractivity contribution in [2.75, 3.05) is 0 Å². The highest BCUT2D eigenvalue weighted by Crippen LogP contribution is 2.12. The molecule has 1 aromatic carbocycles. The maximum Gasteiger partial charge on any atom is 0.306 e. The molecule has 0 heterocycles. The molecule has 0 aromatic heterocycles. The van der Waals surface area contributed by atoms with Crippen LogP contribution in [0.4, 0.5) is 0 Å². The molecule has 0 spiro atoms. The minimum absolute atomic E-state index is 0.0184. The Bertz CT molecular complexity index is 329. The van der Waals surface area contributed by atoms with Gasteiger partial charge in [0.1, 0.15) is 0 Å². The number of hydrogen-bond acceptors (Lipinski definition) is 2. The van der Waals surface area contributed by atoms with Gasteiger partial charge in [0, 0.05) is 6.04 Å². The molecule has 0 aliphatic rings. The van der Waals surface area contributed by atoms with Gasteiger partial charge in [-0.25, -0.2) is 4.84 Å². The average molecular weight is 242 g/mol. The van der Waals surface area contributed by atoms with Crippen molar-refractivity contribution in [1.29, 1.82) is 0 Å². The maximum absolute atomic E-state index is 10.7. The van der Waals surface area contributed by atoms with Gasteiger partial charge >= 0.3 is 5.97 Å². The van der Waals surface area contributed by atoms with Crippen LogP contribution in [0, 0.1) is 5.92 Å². The Morgan fingerprint density at radius 2 is 2.06 bits per heavy atom. The molecule has 1 aromatic rings. The van der Waals surface area contributed by atoms with Crippen LogP contribution in [0.5, 0.6) is 0 Å². The molecular formula is C12H16ClNO2. The molecule has 16 heavy (non-hydrogen) atoms. The van der Waals surface area contributed by atoms with E-state index in [9.17, 15) is 4.79 Å². The van der Waals surface area contributed by atoms with Crippen LogP contribution in [-0.2, 0) is 11.2 Å². The van der Waals surface area contributed by atoms with E-state index >= 15 is 0 Å². The number of hydrogen-bond donors (Lipinski definition) is 2. The number of benzene rings is 1. The lowest BCUT2D eigenvalue weighted by Crippen LogP contribution is -2.28. The number of nitrogens with one attached hydrogen (secondary N) is 1. The molecule has 0 unspecified atom stereocenters. The Balaban J connectivity index is 2.53. The first kappa shape index (κ1) is 13.0. The summed E-state index contributed by atoms with van der Waals surface area (Å²) in [5.74, 6) is -1.18. The molecule has 0 saturated carbocycles. The summed E-state index contributed by atoms with van der Waals surface area (Å²) >= 11 is 5.62. The number of halogens is 1. The SMILES string of the molecule is C[C@@H](C[C@H](Cc1ccccc1)NCl)C(=O)O. The van der Waals surface area contributed by atoms with E-state index in [0.717, 1.165) is 12.0 Å². The fourth-order valence-electron chi connectivity index (χ4n) is 1.59. The van der Waals surface area contributed by atoms with E-state index < -0.39 is 5.97 Å². The molecule has 1 rings (SSSR count). The number of aliphatic carboxylic acids is 1. The van der Waals surface area contributed by atoms with Crippen LogP contribution >= 0.6 is 11.8 Å². The second-order valence-corrected chi connectivity index (χ2v) is 4.19. The Kier molecular flexibility index (Phi) is 5.29. The van der Waals surface area contributed by atoms with Crippen molar-refractivity contribution in [3.63, 3.8) is 0 Å². The first-order valence-electron chi connectivity index (χ1n) is 5.26. The first-order chi connectivity index (χ1) is 7.63. The number of carboxylic acid groups (broad SMARTS) is 1. The van der Waals surface area contributed by atoms with Crippen molar-refractivity contribution >= 4 is 17.7 Å². The van der Waals surface area contributed by atoms with Gasteiger partial charge in [0.05, 0.1) is 5.92 Å². The van der Waals surface area contributed by atoms with Crippen LogP contribution in [0.15, 0.2) is 30.3 Å². The zero-order valence-corrected chi connectivity index (χ0v) is 9.95. The lowest BCUT2D eigenvalue weighted by atomic mass is 9.97. The van der Waals surface area contributed by atoms with Crippen LogP contribution in [0.1, 0.15) is 18.9 Å². The van der Waals surface area contributed by atoms with Gasteiger partial charge in [0.2, 0.25) is 0 Å². The molecule has 0 fully saturated rings. The van der Waals surface area contributed by atoms with Gasteiger partial charge < -0.3 is 5.11 Å². The van der Waals surface area contributed by atoms with Gasteiger partial charge in [0.15, 0.2) is 0 Å². The molecule has 2 atom stereocenters. The van der Waals surface area contributed by atoms with E-state index in [2.05, 4.69) is 4.84 Å². The minimum Gasteiger partial charge on any atom is -0.481 e. The molecular weight excluding hydrogens is 226 g/mol. The molecule has 0 bridgehead atoms.